The first-order chi connectivity index (χ1) is 12.4. The van der Waals surface area contributed by atoms with E-state index in [1.807, 2.05) is 0 Å². The van der Waals surface area contributed by atoms with Crippen LogP contribution >= 0.6 is 11.6 Å². The number of rotatable bonds is 4. The Bertz CT molecular complexity index is 1060. The summed E-state index contributed by atoms with van der Waals surface area (Å²) in [6.45, 7) is 1.49. The highest BCUT2D eigenvalue weighted by Crippen LogP contribution is 2.16. The molecule has 0 saturated carbocycles. The van der Waals surface area contributed by atoms with Crippen molar-refractivity contribution in [3.63, 3.8) is 0 Å². The Balaban J connectivity index is 1.89. The zero-order chi connectivity index (χ0) is 18.8. The highest BCUT2D eigenvalue weighted by molar-refractivity contribution is 6.30. The fourth-order valence-electron chi connectivity index (χ4n) is 2.57. The third-order valence-corrected chi connectivity index (χ3v) is 4.18. The molecule has 132 valence electrons. The third-order valence-electron chi connectivity index (χ3n) is 3.93. The van der Waals surface area contributed by atoms with E-state index in [0.717, 1.165) is 4.68 Å². The van der Waals surface area contributed by atoms with Crippen LogP contribution in [-0.2, 0) is 11.8 Å². The van der Waals surface area contributed by atoms with Crippen molar-refractivity contribution in [1.29, 1.82) is 0 Å². The zero-order valence-corrected chi connectivity index (χ0v) is 14.9. The van der Waals surface area contributed by atoms with Crippen molar-refractivity contribution in [2.45, 2.75) is 13.0 Å². The molecule has 0 N–H and O–H groups in total. The molecule has 3 aromatic rings. The van der Waals surface area contributed by atoms with Crippen LogP contribution < -0.4 is 5.56 Å². The number of carbonyl (C=O) groups excluding carboxylic acids is 2. The number of halogens is 1. The number of carbonyl (C=O) groups is 2. The Morgan fingerprint density at radius 1 is 1.08 bits per heavy atom. The fourth-order valence-corrected chi connectivity index (χ4v) is 2.70. The summed E-state index contributed by atoms with van der Waals surface area (Å²) < 4.78 is 6.36. The van der Waals surface area contributed by atoms with E-state index >= 15 is 0 Å². The van der Waals surface area contributed by atoms with Crippen molar-refractivity contribution < 1.29 is 14.3 Å². The zero-order valence-electron chi connectivity index (χ0n) is 14.1. The Kier molecular flexibility index (Phi) is 4.86. The number of aryl methyl sites for hydroxylation is 1. The van der Waals surface area contributed by atoms with E-state index in [1.54, 1.807) is 48.5 Å². The number of ketones is 1. The number of ether oxygens (including phenoxy) is 1. The van der Waals surface area contributed by atoms with E-state index in [4.69, 9.17) is 16.3 Å². The second-order valence-electron chi connectivity index (χ2n) is 5.74. The minimum Gasteiger partial charge on any atom is -0.449 e. The molecule has 2 aromatic carbocycles. The summed E-state index contributed by atoms with van der Waals surface area (Å²) in [7, 11) is 1.45. The van der Waals surface area contributed by atoms with Gasteiger partial charge in [0, 0.05) is 23.0 Å². The molecule has 0 radical (unpaired) electrons. The topological polar surface area (TPSA) is 78.3 Å². The van der Waals surface area contributed by atoms with Gasteiger partial charge in [0.25, 0.3) is 5.56 Å². The molecular weight excluding hydrogens is 356 g/mol. The number of benzene rings is 2. The van der Waals surface area contributed by atoms with Crippen LogP contribution in [-0.4, -0.2) is 27.6 Å². The molecule has 0 bridgehead atoms. The summed E-state index contributed by atoms with van der Waals surface area (Å²) in [5.41, 5.74) is 0.0499. The molecule has 0 aliphatic carbocycles. The van der Waals surface area contributed by atoms with Crippen LogP contribution in [0.4, 0.5) is 0 Å². The number of nitrogens with zero attached hydrogens (tertiary/aromatic N) is 2. The molecule has 0 fully saturated rings. The molecule has 1 aromatic heterocycles. The number of aromatic nitrogens is 2. The van der Waals surface area contributed by atoms with Crippen molar-refractivity contribution in [1.82, 2.24) is 9.78 Å². The minimum absolute atomic E-state index is 0.0153. The molecule has 0 unspecified atom stereocenters. The first-order valence-electron chi connectivity index (χ1n) is 7.85. The highest BCUT2D eigenvalue weighted by atomic mass is 35.5. The molecule has 0 saturated heterocycles. The smallest absolute Gasteiger partial charge is 0.360 e. The fraction of sp³-hybridized carbons (Fsp3) is 0.158. The summed E-state index contributed by atoms with van der Waals surface area (Å²) in [6, 6.07) is 12.9. The predicted octanol–water partition coefficient (Wildman–Crippen LogP) is 3.02. The van der Waals surface area contributed by atoms with Crippen LogP contribution in [0.3, 0.4) is 0 Å². The van der Waals surface area contributed by atoms with Crippen molar-refractivity contribution in [2.24, 2.45) is 7.05 Å². The first kappa shape index (κ1) is 17.8. The van der Waals surface area contributed by atoms with Gasteiger partial charge in [-0.1, -0.05) is 29.8 Å². The molecule has 0 aliphatic heterocycles. The summed E-state index contributed by atoms with van der Waals surface area (Å²) in [4.78, 5) is 37.1. The van der Waals surface area contributed by atoms with E-state index in [0.29, 0.717) is 21.4 Å². The highest BCUT2D eigenvalue weighted by Gasteiger charge is 2.23. The van der Waals surface area contributed by atoms with E-state index in [9.17, 15) is 14.4 Å². The largest absolute Gasteiger partial charge is 0.449 e. The summed E-state index contributed by atoms with van der Waals surface area (Å²) >= 11 is 5.81. The number of fused-ring (bicyclic) bond motifs is 1. The second kappa shape index (κ2) is 7.09. The lowest BCUT2D eigenvalue weighted by Crippen LogP contribution is -2.28. The van der Waals surface area contributed by atoms with Crippen LogP contribution in [0.15, 0.2) is 53.3 Å². The predicted molar refractivity (Wildman–Crippen MR) is 97.6 cm³/mol. The van der Waals surface area contributed by atoms with E-state index in [1.165, 1.54) is 14.0 Å². The van der Waals surface area contributed by atoms with Crippen LogP contribution in [0.5, 0.6) is 0 Å². The maximum atomic E-state index is 12.5. The van der Waals surface area contributed by atoms with Crippen LogP contribution in [0.1, 0.15) is 27.8 Å². The Hall–Kier alpha value is -2.99. The van der Waals surface area contributed by atoms with Gasteiger partial charge in [-0.15, -0.1) is 0 Å². The lowest BCUT2D eigenvalue weighted by molar-refractivity contribution is 0.0313. The Morgan fingerprint density at radius 2 is 1.69 bits per heavy atom. The van der Waals surface area contributed by atoms with Crippen molar-refractivity contribution in [3.8, 4) is 0 Å². The van der Waals surface area contributed by atoms with Gasteiger partial charge in [-0.05, 0) is 37.3 Å². The normalized spacial score (nSPS) is 12.0. The summed E-state index contributed by atoms with van der Waals surface area (Å²) in [5.74, 6) is -1.13. The van der Waals surface area contributed by atoms with Crippen LogP contribution in [0, 0.1) is 0 Å². The molecule has 1 heterocycles. The molecule has 7 heteroatoms. The van der Waals surface area contributed by atoms with Crippen molar-refractivity contribution >= 4 is 34.1 Å². The maximum Gasteiger partial charge on any atom is 0.360 e. The van der Waals surface area contributed by atoms with E-state index in [-0.39, 0.29) is 17.0 Å². The minimum atomic E-state index is -1.01. The van der Waals surface area contributed by atoms with Gasteiger partial charge in [0.15, 0.2) is 11.8 Å². The molecule has 0 aliphatic rings. The standard InChI is InChI=1S/C19H15ClN2O4/c1-11(17(23)12-7-9-13(20)10-8-12)26-19(25)16-14-5-3-4-6-15(14)18(24)22(2)21-16/h3-11H,1-2H3/t11-/m1/s1. The van der Waals surface area contributed by atoms with Crippen molar-refractivity contribution in [2.75, 3.05) is 0 Å². The van der Waals surface area contributed by atoms with Gasteiger partial charge < -0.3 is 4.74 Å². The first-order valence-corrected chi connectivity index (χ1v) is 8.23. The molecule has 26 heavy (non-hydrogen) atoms. The average molecular weight is 371 g/mol. The molecule has 0 spiro atoms. The Morgan fingerprint density at radius 3 is 2.35 bits per heavy atom. The average Bonchev–Trinajstić information content (AvgIpc) is 2.64. The third kappa shape index (κ3) is 3.36. The van der Waals surface area contributed by atoms with Gasteiger partial charge in [-0.25, -0.2) is 9.48 Å². The second-order valence-corrected chi connectivity index (χ2v) is 6.18. The van der Waals surface area contributed by atoms with E-state index in [2.05, 4.69) is 5.10 Å². The van der Waals surface area contributed by atoms with Gasteiger partial charge in [-0.3, -0.25) is 9.59 Å². The lowest BCUT2D eigenvalue weighted by Gasteiger charge is -2.13. The number of Topliss-reactive ketones (excluding diaryl/α,β-unsaturated/α-hetero) is 1. The van der Waals surface area contributed by atoms with Crippen LogP contribution in [0.25, 0.3) is 10.8 Å². The molecule has 3 rings (SSSR count). The van der Waals surface area contributed by atoms with Crippen LogP contribution in [0.2, 0.25) is 5.02 Å². The molecular formula is C19H15ClN2O4. The van der Waals surface area contributed by atoms with E-state index < -0.39 is 12.1 Å². The summed E-state index contributed by atoms with van der Waals surface area (Å²) in [6.07, 6.45) is -1.01. The van der Waals surface area contributed by atoms with Gasteiger partial charge in [0.2, 0.25) is 5.78 Å². The number of esters is 1. The maximum absolute atomic E-state index is 12.5. The SMILES string of the molecule is C[C@@H](OC(=O)c1nn(C)c(=O)c2ccccc12)C(=O)c1ccc(Cl)cc1. The van der Waals surface area contributed by atoms with Gasteiger partial charge in [0.1, 0.15) is 0 Å². The number of hydrogen-bond acceptors (Lipinski definition) is 5. The molecule has 0 amide bonds. The van der Waals surface area contributed by atoms with Gasteiger partial charge >= 0.3 is 5.97 Å². The number of hydrogen-bond donors (Lipinski definition) is 0. The lowest BCUT2D eigenvalue weighted by atomic mass is 10.1. The molecule has 6 nitrogen and oxygen atoms in total. The van der Waals surface area contributed by atoms with Gasteiger partial charge in [0.05, 0.1) is 5.39 Å². The Labute approximate surface area is 154 Å². The summed E-state index contributed by atoms with van der Waals surface area (Å²) in [5, 5.41) is 5.24. The quantitative estimate of drug-likeness (QED) is 0.521. The van der Waals surface area contributed by atoms with Gasteiger partial charge in [-0.2, -0.15) is 5.10 Å². The van der Waals surface area contributed by atoms with Crippen molar-refractivity contribution in [3.05, 3.63) is 75.2 Å². The molecule has 1 atom stereocenters. The monoisotopic (exact) mass is 370 g/mol.